The van der Waals surface area contributed by atoms with Crippen molar-refractivity contribution in [3.05, 3.63) is 47.0 Å². The molecule has 1 heteroatoms. The van der Waals surface area contributed by atoms with Crippen LogP contribution in [0.15, 0.2) is 35.3 Å². The van der Waals surface area contributed by atoms with E-state index in [1.807, 2.05) is 13.1 Å². The highest BCUT2D eigenvalue weighted by atomic mass is 14.7. The van der Waals surface area contributed by atoms with Gasteiger partial charge in [0.1, 0.15) is 0 Å². The molecule has 0 bridgehead atoms. The van der Waals surface area contributed by atoms with Crippen LogP contribution in [0.2, 0.25) is 0 Å². The van der Waals surface area contributed by atoms with Crippen LogP contribution in [0.5, 0.6) is 0 Å². The zero-order chi connectivity index (χ0) is 19.0. The van der Waals surface area contributed by atoms with E-state index in [4.69, 9.17) is 4.99 Å². The van der Waals surface area contributed by atoms with Crippen LogP contribution >= 0.6 is 0 Å². The minimum absolute atomic E-state index is 0.561. The average Bonchev–Trinajstić information content (AvgIpc) is 2.63. The third-order valence-corrected chi connectivity index (χ3v) is 5.48. The Morgan fingerprint density at radius 1 is 1.16 bits per heavy atom. The summed E-state index contributed by atoms with van der Waals surface area (Å²) >= 11 is 0. The SMILES string of the molecule is C=Cc1cccc(C)c1C(/C(CC(C)CC)=N\C)=C(/CC)C(C)CC. The van der Waals surface area contributed by atoms with E-state index in [9.17, 15) is 0 Å². The molecule has 0 aliphatic rings. The second kappa shape index (κ2) is 10.4. The molecule has 0 heterocycles. The van der Waals surface area contributed by atoms with Crippen LogP contribution in [0.4, 0.5) is 0 Å². The van der Waals surface area contributed by atoms with Gasteiger partial charge >= 0.3 is 0 Å². The molecule has 0 spiro atoms. The van der Waals surface area contributed by atoms with Gasteiger partial charge in [-0.3, -0.25) is 4.99 Å². The van der Waals surface area contributed by atoms with Crippen LogP contribution in [-0.2, 0) is 0 Å². The summed E-state index contributed by atoms with van der Waals surface area (Å²) < 4.78 is 0. The molecule has 0 saturated carbocycles. The molecular formula is C24H37N. The Bertz CT molecular complexity index is 633. The lowest BCUT2D eigenvalue weighted by Crippen LogP contribution is -2.14. The van der Waals surface area contributed by atoms with Crippen LogP contribution in [-0.4, -0.2) is 12.8 Å². The van der Waals surface area contributed by atoms with Crippen molar-refractivity contribution < 1.29 is 0 Å². The first-order valence-corrected chi connectivity index (χ1v) is 9.86. The van der Waals surface area contributed by atoms with Gasteiger partial charge in [0.15, 0.2) is 0 Å². The van der Waals surface area contributed by atoms with Gasteiger partial charge in [-0.05, 0) is 54.7 Å². The van der Waals surface area contributed by atoms with Gasteiger partial charge in [-0.1, -0.05) is 77.5 Å². The smallest absolute Gasteiger partial charge is 0.0425 e. The Morgan fingerprint density at radius 2 is 1.84 bits per heavy atom. The van der Waals surface area contributed by atoms with Crippen molar-refractivity contribution in [2.45, 2.75) is 67.2 Å². The summed E-state index contributed by atoms with van der Waals surface area (Å²) in [6.45, 7) is 17.8. The monoisotopic (exact) mass is 339 g/mol. The van der Waals surface area contributed by atoms with Crippen molar-refractivity contribution in [1.29, 1.82) is 0 Å². The molecule has 0 aliphatic carbocycles. The van der Waals surface area contributed by atoms with Gasteiger partial charge in [-0.15, -0.1) is 0 Å². The molecule has 0 aliphatic heterocycles. The maximum Gasteiger partial charge on any atom is 0.0425 e. The molecule has 0 amide bonds. The topological polar surface area (TPSA) is 12.4 Å². The summed E-state index contributed by atoms with van der Waals surface area (Å²) in [5.74, 6) is 1.20. The van der Waals surface area contributed by atoms with Gasteiger partial charge < -0.3 is 0 Å². The van der Waals surface area contributed by atoms with Crippen molar-refractivity contribution in [3.63, 3.8) is 0 Å². The highest BCUT2D eigenvalue weighted by Gasteiger charge is 2.22. The Morgan fingerprint density at radius 3 is 2.32 bits per heavy atom. The lowest BCUT2D eigenvalue weighted by molar-refractivity contribution is 0.587. The molecule has 138 valence electrons. The molecule has 0 radical (unpaired) electrons. The molecule has 1 aromatic rings. The van der Waals surface area contributed by atoms with E-state index in [1.165, 1.54) is 40.0 Å². The first kappa shape index (κ1) is 21.4. The maximum absolute atomic E-state index is 4.78. The average molecular weight is 340 g/mol. The number of rotatable bonds is 9. The van der Waals surface area contributed by atoms with E-state index in [1.54, 1.807) is 0 Å². The molecule has 0 saturated heterocycles. The van der Waals surface area contributed by atoms with E-state index in [2.05, 4.69) is 66.3 Å². The number of allylic oxidation sites excluding steroid dienone is 2. The number of nitrogens with zero attached hydrogens (tertiary/aromatic N) is 1. The summed E-state index contributed by atoms with van der Waals surface area (Å²) in [5.41, 5.74) is 8.03. The summed E-state index contributed by atoms with van der Waals surface area (Å²) in [6, 6.07) is 6.51. The quantitative estimate of drug-likeness (QED) is 0.417. The van der Waals surface area contributed by atoms with Gasteiger partial charge in [-0.2, -0.15) is 0 Å². The third kappa shape index (κ3) is 5.17. The van der Waals surface area contributed by atoms with Crippen molar-refractivity contribution in [1.82, 2.24) is 0 Å². The van der Waals surface area contributed by atoms with E-state index in [-0.39, 0.29) is 0 Å². The molecule has 0 fully saturated rings. The minimum atomic E-state index is 0.561. The van der Waals surface area contributed by atoms with E-state index >= 15 is 0 Å². The Labute approximate surface area is 156 Å². The highest BCUT2D eigenvalue weighted by Crippen LogP contribution is 2.35. The first-order valence-electron chi connectivity index (χ1n) is 9.86. The fraction of sp³-hybridized carbons (Fsp3) is 0.542. The third-order valence-electron chi connectivity index (χ3n) is 5.48. The minimum Gasteiger partial charge on any atom is -0.292 e. The zero-order valence-corrected chi connectivity index (χ0v) is 17.4. The van der Waals surface area contributed by atoms with Crippen LogP contribution < -0.4 is 0 Å². The number of aryl methyl sites for hydroxylation is 1. The van der Waals surface area contributed by atoms with Crippen molar-refractivity contribution in [2.24, 2.45) is 16.8 Å². The largest absolute Gasteiger partial charge is 0.292 e. The van der Waals surface area contributed by atoms with Gasteiger partial charge in [0.05, 0.1) is 0 Å². The second-order valence-corrected chi connectivity index (χ2v) is 7.19. The molecule has 2 atom stereocenters. The lowest BCUT2D eigenvalue weighted by Gasteiger charge is -2.25. The number of hydrogen-bond acceptors (Lipinski definition) is 1. The molecule has 1 rings (SSSR count). The summed E-state index contributed by atoms with van der Waals surface area (Å²) in [5, 5.41) is 0. The van der Waals surface area contributed by atoms with Gasteiger partial charge in [0, 0.05) is 18.3 Å². The fourth-order valence-electron chi connectivity index (χ4n) is 3.49. The predicted molar refractivity (Wildman–Crippen MR) is 115 cm³/mol. The number of benzene rings is 1. The number of hydrogen-bond donors (Lipinski definition) is 0. The molecule has 0 aromatic heterocycles. The molecular weight excluding hydrogens is 302 g/mol. The Hall–Kier alpha value is -1.63. The van der Waals surface area contributed by atoms with Crippen LogP contribution in [0, 0.1) is 18.8 Å². The second-order valence-electron chi connectivity index (χ2n) is 7.19. The summed E-state index contributed by atoms with van der Waals surface area (Å²) in [7, 11) is 1.95. The zero-order valence-electron chi connectivity index (χ0n) is 17.4. The van der Waals surface area contributed by atoms with Gasteiger partial charge in [0.25, 0.3) is 0 Å². The van der Waals surface area contributed by atoms with Gasteiger partial charge in [0.2, 0.25) is 0 Å². The Balaban J connectivity index is 3.76. The molecule has 2 unspecified atom stereocenters. The van der Waals surface area contributed by atoms with Gasteiger partial charge in [-0.25, -0.2) is 0 Å². The van der Waals surface area contributed by atoms with E-state index in [0.29, 0.717) is 11.8 Å². The maximum atomic E-state index is 4.78. The predicted octanol–water partition coefficient (Wildman–Crippen LogP) is 7.35. The molecule has 0 N–H and O–H groups in total. The fourth-order valence-corrected chi connectivity index (χ4v) is 3.49. The number of aliphatic imine (C=N–C) groups is 1. The Kier molecular flexibility index (Phi) is 8.89. The van der Waals surface area contributed by atoms with Crippen LogP contribution in [0.25, 0.3) is 11.6 Å². The van der Waals surface area contributed by atoms with Crippen molar-refractivity contribution in [3.8, 4) is 0 Å². The summed E-state index contributed by atoms with van der Waals surface area (Å²) in [4.78, 5) is 4.78. The van der Waals surface area contributed by atoms with Crippen LogP contribution in [0.1, 0.15) is 77.0 Å². The normalized spacial score (nSPS) is 15.6. The van der Waals surface area contributed by atoms with Crippen molar-refractivity contribution in [2.75, 3.05) is 7.05 Å². The van der Waals surface area contributed by atoms with E-state index in [0.717, 1.165) is 19.3 Å². The molecule has 1 nitrogen and oxygen atoms in total. The standard InChI is InChI=1S/C24H37N/c1-9-17(5)16-22(25-8)24(21(12-4)18(6)10-2)23-19(7)14-13-15-20(23)11-3/h11,13-15,17-18H,3,9-10,12,16H2,1-2,4-8H3/b24-21-,25-22-. The van der Waals surface area contributed by atoms with Crippen molar-refractivity contribution >= 4 is 17.4 Å². The lowest BCUT2D eigenvalue weighted by atomic mass is 9.80. The summed E-state index contributed by atoms with van der Waals surface area (Å²) in [6.07, 6.45) is 6.42. The highest BCUT2D eigenvalue weighted by molar-refractivity contribution is 6.25. The molecule has 1 aromatic carbocycles. The first-order chi connectivity index (χ1) is 11.9. The van der Waals surface area contributed by atoms with E-state index < -0.39 is 0 Å². The van der Waals surface area contributed by atoms with Crippen LogP contribution in [0.3, 0.4) is 0 Å². The molecule has 25 heavy (non-hydrogen) atoms.